The Bertz CT molecular complexity index is 1100. The van der Waals surface area contributed by atoms with Crippen LogP contribution in [0, 0.1) is 17.8 Å². The van der Waals surface area contributed by atoms with Crippen molar-refractivity contribution in [1.82, 2.24) is 4.72 Å². The quantitative estimate of drug-likeness (QED) is 0.562. The molecule has 2 aliphatic rings. The second-order valence-corrected chi connectivity index (χ2v) is 10.7. The van der Waals surface area contributed by atoms with E-state index in [4.69, 9.17) is 9.47 Å². The van der Waals surface area contributed by atoms with Crippen LogP contribution in [-0.4, -0.2) is 34.1 Å². The lowest BCUT2D eigenvalue weighted by Gasteiger charge is -2.28. The van der Waals surface area contributed by atoms with E-state index in [1.165, 1.54) is 38.5 Å². The molecule has 2 aromatic rings. The molecule has 0 aromatic heterocycles. The molecule has 4 atom stereocenters. The number of nitrogens with one attached hydrogen (secondary N) is 2. The van der Waals surface area contributed by atoms with E-state index in [1.54, 1.807) is 30.3 Å². The lowest BCUT2D eigenvalue weighted by Crippen LogP contribution is -2.40. The number of amides is 1. The summed E-state index contributed by atoms with van der Waals surface area (Å²) in [6, 6.07) is 11.1. The number of fused-ring (bicyclic) bond motifs is 2. The van der Waals surface area contributed by atoms with Crippen molar-refractivity contribution in [1.29, 1.82) is 0 Å². The Morgan fingerprint density at radius 3 is 2.45 bits per heavy atom. The van der Waals surface area contributed by atoms with E-state index in [9.17, 15) is 13.2 Å². The SMILES string of the molecule is CCOc1ccc(C(=O)Nc2ccc(S(=O)(=O)N[C@H](C)[C@@H]3C[C@H]4CC[C@H]3C4)cc2)cc1OC. The number of ether oxygens (including phenoxy) is 2. The molecule has 0 spiro atoms. The average molecular weight is 473 g/mol. The van der Waals surface area contributed by atoms with Gasteiger partial charge in [-0.05, 0) is 93.3 Å². The Balaban J connectivity index is 1.40. The molecule has 2 fully saturated rings. The van der Waals surface area contributed by atoms with Gasteiger partial charge in [0.25, 0.3) is 5.91 Å². The minimum Gasteiger partial charge on any atom is -0.493 e. The standard InChI is InChI=1S/C25H32N2O5S/c1-4-32-23-12-7-19(15-24(23)31-3)25(28)26-20-8-10-21(11-9-20)33(29,30)27-16(2)22-14-17-5-6-18(22)13-17/h7-12,15-18,22,27H,4-6,13-14H2,1-3H3,(H,26,28)/t16-,17+,18+,22+/m1/s1. The summed E-state index contributed by atoms with van der Waals surface area (Å²) in [5.41, 5.74) is 0.918. The van der Waals surface area contributed by atoms with Gasteiger partial charge >= 0.3 is 0 Å². The molecule has 2 aliphatic carbocycles. The van der Waals surface area contributed by atoms with Crippen LogP contribution < -0.4 is 19.5 Å². The zero-order valence-electron chi connectivity index (χ0n) is 19.3. The van der Waals surface area contributed by atoms with Crippen LogP contribution in [0.2, 0.25) is 0 Å². The number of methoxy groups -OCH3 is 1. The zero-order valence-corrected chi connectivity index (χ0v) is 20.2. The average Bonchev–Trinajstić information content (AvgIpc) is 3.43. The van der Waals surface area contributed by atoms with Crippen molar-refractivity contribution in [2.45, 2.75) is 50.5 Å². The number of benzene rings is 2. The van der Waals surface area contributed by atoms with Crippen LogP contribution >= 0.6 is 0 Å². The molecule has 7 nitrogen and oxygen atoms in total. The van der Waals surface area contributed by atoms with Crippen molar-refractivity contribution in [3.05, 3.63) is 48.0 Å². The van der Waals surface area contributed by atoms with Crippen LogP contribution in [0.15, 0.2) is 47.4 Å². The van der Waals surface area contributed by atoms with Gasteiger partial charge in [0.15, 0.2) is 11.5 Å². The second kappa shape index (κ2) is 9.73. The number of carbonyl (C=O) groups is 1. The van der Waals surface area contributed by atoms with E-state index in [1.807, 2.05) is 13.8 Å². The molecule has 2 aromatic carbocycles. The highest BCUT2D eigenvalue weighted by atomic mass is 32.2. The summed E-state index contributed by atoms with van der Waals surface area (Å²) in [6.45, 7) is 4.34. The van der Waals surface area contributed by atoms with E-state index in [-0.39, 0.29) is 16.8 Å². The van der Waals surface area contributed by atoms with Crippen molar-refractivity contribution in [2.75, 3.05) is 19.0 Å². The summed E-state index contributed by atoms with van der Waals surface area (Å²) >= 11 is 0. The fourth-order valence-corrected chi connectivity index (χ4v) is 6.61. The van der Waals surface area contributed by atoms with E-state index in [0.717, 1.165) is 12.3 Å². The molecular formula is C25H32N2O5S. The van der Waals surface area contributed by atoms with Crippen molar-refractivity contribution in [2.24, 2.45) is 17.8 Å². The molecule has 2 bridgehead atoms. The fraction of sp³-hybridized carbons (Fsp3) is 0.480. The van der Waals surface area contributed by atoms with Gasteiger partial charge in [-0.15, -0.1) is 0 Å². The summed E-state index contributed by atoms with van der Waals surface area (Å²) in [4.78, 5) is 12.8. The Hall–Kier alpha value is -2.58. The fourth-order valence-electron chi connectivity index (χ4n) is 5.31. The van der Waals surface area contributed by atoms with Crippen LogP contribution in [-0.2, 0) is 10.0 Å². The molecule has 2 N–H and O–H groups in total. The molecule has 1 amide bonds. The summed E-state index contributed by atoms with van der Waals surface area (Å²) in [7, 11) is -2.10. The predicted octanol–water partition coefficient (Wildman–Crippen LogP) is 4.45. The van der Waals surface area contributed by atoms with Gasteiger partial charge in [-0.25, -0.2) is 13.1 Å². The minimum atomic E-state index is -3.62. The smallest absolute Gasteiger partial charge is 0.255 e. The van der Waals surface area contributed by atoms with Gasteiger partial charge in [-0.1, -0.05) is 6.42 Å². The van der Waals surface area contributed by atoms with Gasteiger partial charge in [-0.3, -0.25) is 4.79 Å². The first-order valence-electron chi connectivity index (χ1n) is 11.5. The largest absolute Gasteiger partial charge is 0.493 e. The summed E-state index contributed by atoms with van der Waals surface area (Å²) in [5.74, 6) is 2.55. The topological polar surface area (TPSA) is 93.7 Å². The molecule has 178 valence electrons. The van der Waals surface area contributed by atoms with E-state index in [0.29, 0.717) is 41.2 Å². The maximum absolute atomic E-state index is 12.9. The highest BCUT2D eigenvalue weighted by molar-refractivity contribution is 7.89. The van der Waals surface area contributed by atoms with Crippen LogP contribution in [0.25, 0.3) is 0 Å². The number of hydrogen-bond donors (Lipinski definition) is 2. The third-order valence-corrected chi connectivity index (χ3v) is 8.50. The monoisotopic (exact) mass is 472 g/mol. The molecule has 0 radical (unpaired) electrons. The first-order chi connectivity index (χ1) is 15.8. The first-order valence-corrected chi connectivity index (χ1v) is 13.0. The van der Waals surface area contributed by atoms with E-state index < -0.39 is 10.0 Å². The summed E-state index contributed by atoms with van der Waals surface area (Å²) in [6.07, 6.45) is 4.87. The molecular weight excluding hydrogens is 440 g/mol. The van der Waals surface area contributed by atoms with Gasteiger partial charge in [0.05, 0.1) is 18.6 Å². The Morgan fingerprint density at radius 1 is 1.09 bits per heavy atom. The molecule has 0 saturated heterocycles. The Morgan fingerprint density at radius 2 is 1.85 bits per heavy atom. The van der Waals surface area contributed by atoms with Gasteiger partial charge < -0.3 is 14.8 Å². The van der Waals surface area contributed by atoms with Gasteiger partial charge in [0.1, 0.15) is 0 Å². The number of anilines is 1. The molecule has 8 heteroatoms. The van der Waals surface area contributed by atoms with Crippen LogP contribution in [0.1, 0.15) is 49.9 Å². The van der Waals surface area contributed by atoms with Crippen LogP contribution in [0.3, 0.4) is 0 Å². The number of rotatable bonds is 9. The second-order valence-electron chi connectivity index (χ2n) is 9.03. The normalized spacial score (nSPS) is 22.7. The summed E-state index contributed by atoms with van der Waals surface area (Å²) < 4.78 is 39.4. The Labute approximate surface area is 195 Å². The van der Waals surface area contributed by atoms with Gasteiger partial charge in [0, 0.05) is 17.3 Å². The number of hydrogen-bond acceptors (Lipinski definition) is 5. The van der Waals surface area contributed by atoms with Crippen molar-refractivity contribution >= 4 is 21.6 Å². The van der Waals surface area contributed by atoms with E-state index in [2.05, 4.69) is 10.0 Å². The maximum atomic E-state index is 12.9. The first kappa shape index (κ1) is 23.6. The molecule has 2 saturated carbocycles. The van der Waals surface area contributed by atoms with Crippen molar-refractivity contribution in [3.63, 3.8) is 0 Å². The summed E-state index contributed by atoms with van der Waals surface area (Å²) in [5, 5.41) is 2.79. The molecule has 4 rings (SSSR count). The minimum absolute atomic E-state index is 0.0840. The van der Waals surface area contributed by atoms with Crippen LogP contribution in [0.5, 0.6) is 11.5 Å². The van der Waals surface area contributed by atoms with Gasteiger partial charge in [0.2, 0.25) is 10.0 Å². The van der Waals surface area contributed by atoms with Crippen LogP contribution in [0.4, 0.5) is 5.69 Å². The van der Waals surface area contributed by atoms with Gasteiger partial charge in [-0.2, -0.15) is 0 Å². The predicted molar refractivity (Wildman–Crippen MR) is 127 cm³/mol. The lowest BCUT2D eigenvalue weighted by molar-refractivity contribution is 0.102. The highest BCUT2D eigenvalue weighted by Gasteiger charge is 2.42. The lowest BCUT2D eigenvalue weighted by atomic mass is 9.84. The van der Waals surface area contributed by atoms with E-state index >= 15 is 0 Å². The third-order valence-electron chi connectivity index (χ3n) is 6.92. The molecule has 0 heterocycles. The van der Waals surface area contributed by atoms with Crippen molar-refractivity contribution < 1.29 is 22.7 Å². The van der Waals surface area contributed by atoms with Crippen molar-refractivity contribution in [3.8, 4) is 11.5 Å². The third kappa shape index (κ3) is 5.17. The highest BCUT2D eigenvalue weighted by Crippen LogP contribution is 2.49. The number of carbonyl (C=O) groups excluding carboxylic acids is 1. The molecule has 0 aliphatic heterocycles. The molecule has 33 heavy (non-hydrogen) atoms. The molecule has 0 unspecified atom stereocenters. The number of sulfonamides is 1. The Kier molecular flexibility index (Phi) is 6.95. The zero-order chi connectivity index (χ0) is 23.6. The maximum Gasteiger partial charge on any atom is 0.255 e.